The highest BCUT2D eigenvalue weighted by atomic mass is 16.2. The lowest BCUT2D eigenvalue weighted by Gasteiger charge is -2.37. The molecule has 2 atom stereocenters. The summed E-state index contributed by atoms with van der Waals surface area (Å²) in [6, 6.07) is 9.88. The van der Waals surface area contributed by atoms with Crippen molar-refractivity contribution in [1.29, 1.82) is 0 Å². The zero-order valence-corrected chi connectivity index (χ0v) is 17.2. The molecule has 0 bridgehead atoms. The Labute approximate surface area is 176 Å². The number of likely N-dealkylation sites (tertiary alicyclic amines) is 1. The quantitative estimate of drug-likeness (QED) is 0.779. The number of hydrazine groups is 1. The lowest BCUT2D eigenvalue weighted by molar-refractivity contribution is -0.122. The Balaban J connectivity index is 1.40. The molecule has 30 heavy (non-hydrogen) atoms. The Morgan fingerprint density at radius 3 is 2.60 bits per heavy atom. The van der Waals surface area contributed by atoms with Gasteiger partial charge in [-0.2, -0.15) is 0 Å². The van der Waals surface area contributed by atoms with Crippen LogP contribution in [0.5, 0.6) is 0 Å². The normalized spacial score (nSPS) is 22.1. The molecular weight excluding hydrogens is 380 g/mol. The Hall–Kier alpha value is -2.84. The van der Waals surface area contributed by atoms with E-state index in [0.717, 1.165) is 18.5 Å². The third-order valence-corrected chi connectivity index (χ3v) is 6.11. The molecule has 8 nitrogen and oxygen atoms in total. The molecule has 2 fully saturated rings. The summed E-state index contributed by atoms with van der Waals surface area (Å²) in [7, 11) is 0. The SMILES string of the molecule is CCN(C(=O)C1CNNC1C1CCN(C(=O)c2cnccn2)CC1)c1ccccc1. The summed E-state index contributed by atoms with van der Waals surface area (Å²) in [4.78, 5) is 37.8. The molecule has 0 aliphatic carbocycles. The van der Waals surface area contributed by atoms with Crippen LogP contribution >= 0.6 is 0 Å². The molecule has 1 aromatic carbocycles. The van der Waals surface area contributed by atoms with E-state index in [4.69, 9.17) is 0 Å². The monoisotopic (exact) mass is 408 g/mol. The smallest absolute Gasteiger partial charge is 0.274 e. The summed E-state index contributed by atoms with van der Waals surface area (Å²) in [5, 5.41) is 0. The van der Waals surface area contributed by atoms with E-state index >= 15 is 0 Å². The molecule has 2 aromatic rings. The van der Waals surface area contributed by atoms with E-state index in [0.29, 0.717) is 37.8 Å². The van der Waals surface area contributed by atoms with Gasteiger partial charge in [0.2, 0.25) is 5.91 Å². The maximum atomic E-state index is 13.4. The number of carbonyl (C=O) groups excluding carboxylic acids is 2. The summed E-state index contributed by atoms with van der Waals surface area (Å²) >= 11 is 0. The first-order chi connectivity index (χ1) is 14.7. The first kappa shape index (κ1) is 20.4. The van der Waals surface area contributed by atoms with Gasteiger partial charge in [-0.05, 0) is 37.8 Å². The van der Waals surface area contributed by atoms with E-state index in [-0.39, 0.29) is 23.8 Å². The fourth-order valence-electron chi connectivity index (χ4n) is 4.51. The van der Waals surface area contributed by atoms with Crippen LogP contribution in [0.3, 0.4) is 0 Å². The molecule has 0 spiro atoms. The predicted octanol–water partition coefficient (Wildman–Crippen LogP) is 1.47. The van der Waals surface area contributed by atoms with E-state index in [2.05, 4.69) is 20.8 Å². The van der Waals surface area contributed by atoms with Crippen LogP contribution in [0.25, 0.3) is 0 Å². The molecule has 158 valence electrons. The first-order valence-electron chi connectivity index (χ1n) is 10.6. The number of aromatic nitrogens is 2. The summed E-state index contributed by atoms with van der Waals surface area (Å²) in [5.41, 5.74) is 7.85. The highest BCUT2D eigenvalue weighted by Crippen LogP contribution is 2.29. The minimum atomic E-state index is -0.127. The van der Waals surface area contributed by atoms with Crippen LogP contribution < -0.4 is 15.8 Å². The van der Waals surface area contributed by atoms with E-state index in [1.165, 1.54) is 12.4 Å². The first-order valence-corrected chi connectivity index (χ1v) is 10.6. The number of nitrogens with one attached hydrogen (secondary N) is 2. The van der Waals surface area contributed by atoms with Crippen molar-refractivity contribution in [2.45, 2.75) is 25.8 Å². The summed E-state index contributed by atoms with van der Waals surface area (Å²) < 4.78 is 0. The molecule has 2 saturated heterocycles. The molecule has 8 heteroatoms. The van der Waals surface area contributed by atoms with Crippen molar-refractivity contribution in [3.05, 3.63) is 54.6 Å². The number of hydrogen-bond acceptors (Lipinski definition) is 6. The number of piperidine rings is 1. The summed E-state index contributed by atoms with van der Waals surface area (Å²) in [5.74, 6) is 0.268. The standard InChI is InChI=1S/C22H28N6O2/c1-2-28(17-6-4-3-5-7-17)21(29)18-14-25-26-20(18)16-8-12-27(13-9-16)22(30)19-15-23-10-11-24-19/h3-7,10-11,15-16,18,20,25-26H,2,8-9,12-14H2,1H3. The summed E-state index contributed by atoms with van der Waals surface area (Å²) in [6.07, 6.45) is 6.32. The van der Waals surface area contributed by atoms with Crippen molar-refractivity contribution in [3.8, 4) is 0 Å². The van der Waals surface area contributed by atoms with Crippen molar-refractivity contribution in [1.82, 2.24) is 25.7 Å². The van der Waals surface area contributed by atoms with Crippen molar-refractivity contribution in [3.63, 3.8) is 0 Å². The van der Waals surface area contributed by atoms with Crippen LogP contribution in [0.4, 0.5) is 5.69 Å². The maximum Gasteiger partial charge on any atom is 0.274 e. The van der Waals surface area contributed by atoms with Gasteiger partial charge in [0.1, 0.15) is 5.69 Å². The number of anilines is 1. The second kappa shape index (κ2) is 9.32. The molecule has 4 rings (SSSR count). The van der Waals surface area contributed by atoms with Crippen molar-refractivity contribution >= 4 is 17.5 Å². The number of benzene rings is 1. The van der Waals surface area contributed by atoms with Gasteiger partial charge < -0.3 is 9.80 Å². The average molecular weight is 409 g/mol. The van der Waals surface area contributed by atoms with Crippen LogP contribution in [0.1, 0.15) is 30.3 Å². The molecule has 2 unspecified atom stereocenters. The van der Waals surface area contributed by atoms with Crippen molar-refractivity contribution < 1.29 is 9.59 Å². The van der Waals surface area contributed by atoms with Crippen LogP contribution in [0.15, 0.2) is 48.9 Å². The number of rotatable bonds is 5. The van der Waals surface area contributed by atoms with Gasteiger partial charge >= 0.3 is 0 Å². The Morgan fingerprint density at radius 2 is 1.93 bits per heavy atom. The maximum absolute atomic E-state index is 13.4. The Kier molecular flexibility index (Phi) is 6.35. The van der Waals surface area contributed by atoms with E-state index < -0.39 is 0 Å². The largest absolute Gasteiger partial charge is 0.337 e. The van der Waals surface area contributed by atoms with Crippen molar-refractivity contribution in [2.24, 2.45) is 11.8 Å². The highest BCUT2D eigenvalue weighted by molar-refractivity contribution is 5.96. The molecule has 2 amide bonds. The van der Waals surface area contributed by atoms with Gasteiger partial charge in [0.15, 0.2) is 0 Å². The van der Waals surface area contributed by atoms with E-state index in [1.807, 2.05) is 47.1 Å². The second-order valence-electron chi connectivity index (χ2n) is 7.80. The molecule has 3 heterocycles. The number of amides is 2. The zero-order valence-electron chi connectivity index (χ0n) is 17.2. The van der Waals surface area contributed by atoms with Crippen LogP contribution in [0, 0.1) is 11.8 Å². The molecule has 2 aliphatic rings. The van der Waals surface area contributed by atoms with E-state index in [1.54, 1.807) is 6.20 Å². The van der Waals surface area contributed by atoms with Gasteiger partial charge in [0.05, 0.1) is 12.1 Å². The number of nitrogens with zero attached hydrogens (tertiary/aromatic N) is 4. The van der Waals surface area contributed by atoms with Crippen LogP contribution in [0.2, 0.25) is 0 Å². The third kappa shape index (κ3) is 4.20. The molecular formula is C22H28N6O2. The Bertz CT molecular complexity index is 854. The fraction of sp³-hybridized carbons (Fsp3) is 0.455. The predicted molar refractivity (Wildman–Crippen MR) is 114 cm³/mol. The van der Waals surface area contributed by atoms with Crippen LogP contribution in [-0.2, 0) is 4.79 Å². The van der Waals surface area contributed by atoms with Gasteiger partial charge in [-0.3, -0.25) is 25.4 Å². The third-order valence-electron chi connectivity index (χ3n) is 6.11. The molecule has 2 aliphatic heterocycles. The van der Waals surface area contributed by atoms with Gasteiger partial charge in [-0.25, -0.2) is 4.98 Å². The lowest BCUT2D eigenvalue weighted by Crippen LogP contribution is -2.49. The van der Waals surface area contributed by atoms with Gasteiger partial charge in [0.25, 0.3) is 5.91 Å². The zero-order chi connectivity index (χ0) is 20.9. The van der Waals surface area contributed by atoms with Gasteiger partial charge in [-0.1, -0.05) is 18.2 Å². The number of hydrogen-bond donors (Lipinski definition) is 2. The topological polar surface area (TPSA) is 90.5 Å². The molecule has 1 aromatic heterocycles. The number of para-hydroxylation sites is 1. The van der Waals surface area contributed by atoms with Gasteiger partial charge in [0, 0.05) is 50.3 Å². The van der Waals surface area contributed by atoms with Gasteiger partial charge in [-0.15, -0.1) is 0 Å². The molecule has 0 radical (unpaired) electrons. The average Bonchev–Trinajstić information content (AvgIpc) is 3.30. The minimum Gasteiger partial charge on any atom is -0.337 e. The second-order valence-corrected chi connectivity index (χ2v) is 7.80. The lowest BCUT2D eigenvalue weighted by atomic mass is 9.82. The highest BCUT2D eigenvalue weighted by Gasteiger charge is 2.41. The molecule has 2 N–H and O–H groups in total. The summed E-state index contributed by atoms with van der Waals surface area (Å²) in [6.45, 7) is 4.58. The number of carbonyl (C=O) groups is 2. The molecule has 0 saturated carbocycles. The Morgan fingerprint density at radius 1 is 1.17 bits per heavy atom. The van der Waals surface area contributed by atoms with E-state index in [9.17, 15) is 9.59 Å². The van der Waals surface area contributed by atoms with Crippen LogP contribution in [-0.4, -0.2) is 58.9 Å². The fourth-order valence-corrected chi connectivity index (χ4v) is 4.51. The van der Waals surface area contributed by atoms with Crippen molar-refractivity contribution in [2.75, 3.05) is 31.1 Å². The minimum absolute atomic E-state index is 0.0593.